The Balaban J connectivity index is 1.51. The van der Waals surface area contributed by atoms with Crippen molar-refractivity contribution in [1.29, 1.82) is 0 Å². The summed E-state index contributed by atoms with van der Waals surface area (Å²) in [5.41, 5.74) is 0.912. The molecule has 28 heavy (non-hydrogen) atoms. The summed E-state index contributed by atoms with van der Waals surface area (Å²) in [5.74, 6) is 0.594. The van der Waals surface area contributed by atoms with Crippen molar-refractivity contribution < 1.29 is 13.2 Å². The number of aromatic nitrogens is 2. The first-order valence-corrected chi connectivity index (χ1v) is 12.2. The number of rotatable bonds is 9. The molecule has 1 aliphatic heterocycles. The quantitative estimate of drug-likeness (QED) is 0.367. The molecule has 0 unspecified atom stereocenters. The molecule has 0 radical (unpaired) electrons. The predicted molar refractivity (Wildman–Crippen MR) is 112 cm³/mol. The summed E-state index contributed by atoms with van der Waals surface area (Å²) >= 11 is 2.84. The number of sulfonamides is 1. The molecule has 0 spiro atoms. The maximum atomic E-state index is 12.5. The molecular weight excluding hydrogens is 416 g/mol. The van der Waals surface area contributed by atoms with E-state index in [0.717, 1.165) is 28.5 Å². The van der Waals surface area contributed by atoms with E-state index in [1.54, 1.807) is 30.3 Å². The van der Waals surface area contributed by atoms with Gasteiger partial charge in [0.05, 0.1) is 4.90 Å². The predicted octanol–water partition coefficient (Wildman–Crippen LogP) is 3.17. The number of hydrogen-bond donors (Lipinski definition) is 1. The fourth-order valence-electron chi connectivity index (χ4n) is 2.79. The largest absolute Gasteiger partial charge is 0.300 e. The first kappa shape index (κ1) is 21.0. The summed E-state index contributed by atoms with van der Waals surface area (Å²) in [7, 11) is -3.40. The number of carbonyl (C=O) groups excluding carboxylic acids is 1. The van der Waals surface area contributed by atoms with E-state index in [9.17, 15) is 13.2 Å². The molecule has 2 heterocycles. The van der Waals surface area contributed by atoms with Crippen LogP contribution in [0.25, 0.3) is 0 Å². The SMILES string of the molecule is C=CCSc1nnc(NC(=O)CCc2ccc(S(=O)(=O)N3CCCC3)cc2)s1. The van der Waals surface area contributed by atoms with E-state index in [-0.39, 0.29) is 12.3 Å². The van der Waals surface area contributed by atoms with Crippen LogP contribution in [0.15, 0.2) is 46.2 Å². The first-order valence-electron chi connectivity index (χ1n) is 8.95. The molecule has 0 atom stereocenters. The van der Waals surface area contributed by atoms with Gasteiger partial charge in [0.15, 0.2) is 4.34 Å². The minimum atomic E-state index is -3.40. The first-order chi connectivity index (χ1) is 13.5. The highest BCUT2D eigenvalue weighted by Gasteiger charge is 2.26. The van der Waals surface area contributed by atoms with E-state index in [4.69, 9.17) is 0 Å². The second kappa shape index (κ2) is 9.64. The Morgan fingerprint density at radius 2 is 1.96 bits per heavy atom. The zero-order valence-corrected chi connectivity index (χ0v) is 17.8. The number of nitrogens with one attached hydrogen (secondary N) is 1. The van der Waals surface area contributed by atoms with Gasteiger partial charge in [-0.25, -0.2) is 8.42 Å². The van der Waals surface area contributed by atoms with Gasteiger partial charge < -0.3 is 5.32 Å². The van der Waals surface area contributed by atoms with Gasteiger partial charge in [0, 0.05) is 25.3 Å². The van der Waals surface area contributed by atoms with Crippen molar-refractivity contribution in [1.82, 2.24) is 14.5 Å². The molecule has 0 bridgehead atoms. The van der Waals surface area contributed by atoms with E-state index in [1.807, 2.05) is 0 Å². The molecule has 10 heteroatoms. The molecule has 150 valence electrons. The topological polar surface area (TPSA) is 92.3 Å². The van der Waals surface area contributed by atoms with Crippen molar-refractivity contribution in [3.8, 4) is 0 Å². The van der Waals surface area contributed by atoms with Crippen LogP contribution in [0.4, 0.5) is 5.13 Å². The maximum Gasteiger partial charge on any atom is 0.243 e. The number of benzene rings is 1. The number of hydrogen-bond acceptors (Lipinski definition) is 7. The minimum absolute atomic E-state index is 0.148. The molecule has 2 aromatic rings. The number of carbonyl (C=O) groups is 1. The van der Waals surface area contributed by atoms with Gasteiger partial charge >= 0.3 is 0 Å². The lowest BCUT2D eigenvalue weighted by Gasteiger charge is -2.15. The third-order valence-corrected chi connectivity index (χ3v) is 8.13. The third kappa shape index (κ3) is 5.40. The average Bonchev–Trinajstić information content (AvgIpc) is 3.37. The fourth-order valence-corrected chi connectivity index (χ4v) is 5.84. The number of amides is 1. The summed E-state index contributed by atoms with van der Waals surface area (Å²) in [5, 5.41) is 11.2. The van der Waals surface area contributed by atoms with Crippen LogP contribution >= 0.6 is 23.1 Å². The van der Waals surface area contributed by atoms with Crippen LogP contribution in [-0.2, 0) is 21.2 Å². The second-order valence-electron chi connectivity index (χ2n) is 6.28. The van der Waals surface area contributed by atoms with Crippen molar-refractivity contribution in [3.63, 3.8) is 0 Å². The smallest absolute Gasteiger partial charge is 0.243 e. The lowest BCUT2D eigenvalue weighted by atomic mass is 10.1. The van der Waals surface area contributed by atoms with Crippen LogP contribution in [-0.4, -0.2) is 47.7 Å². The normalized spacial score (nSPS) is 14.9. The molecule has 1 amide bonds. The molecule has 1 aromatic carbocycles. The third-order valence-electron chi connectivity index (χ3n) is 4.24. The molecular formula is C18H22N4O3S3. The summed E-state index contributed by atoms with van der Waals surface area (Å²) in [4.78, 5) is 12.4. The Kier molecular flexibility index (Phi) is 7.22. The van der Waals surface area contributed by atoms with E-state index in [2.05, 4.69) is 22.1 Å². The van der Waals surface area contributed by atoms with Gasteiger partial charge in [-0.2, -0.15) is 4.31 Å². The molecule has 1 N–H and O–H groups in total. The zero-order chi connectivity index (χ0) is 20.0. The van der Waals surface area contributed by atoms with Gasteiger partial charge in [-0.05, 0) is 37.0 Å². The minimum Gasteiger partial charge on any atom is -0.300 e. The summed E-state index contributed by atoms with van der Waals surface area (Å²) < 4.78 is 27.4. The van der Waals surface area contributed by atoms with Crippen LogP contribution in [0.1, 0.15) is 24.8 Å². The fraction of sp³-hybridized carbons (Fsp3) is 0.389. The van der Waals surface area contributed by atoms with Gasteiger partial charge in [0.1, 0.15) is 0 Å². The van der Waals surface area contributed by atoms with Crippen molar-refractivity contribution in [2.75, 3.05) is 24.2 Å². The van der Waals surface area contributed by atoms with Gasteiger partial charge in [-0.3, -0.25) is 4.79 Å². The van der Waals surface area contributed by atoms with Crippen molar-refractivity contribution in [2.45, 2.75) is 34.9 Å². The number of anilines is 1. The lowest BCUT2D eigenvalue weighted by Crippen LogP contribution is -2.27. The Labute approximate surface area is 173 Å². The van der Waals surface area contributed by atoms with Crippen molar-refractivity contribution in [3.05, 3.63) is 42.5 Å². The number of thioether (sulfide) groups is 1. The Bertz CT molecular complexity index is 920. The maximum absolute atomic E-state index is 12.5. The summed E-state index contributed by atoms with van der Waals surface area (Å²) in [6.07, 6.45) is 4.41. The van der Waals surface area contributed by atoms with Gasteiger partial charge in [-0.1, -0.05) is 41.3 Å². The monoisotopic (exact) mass is 438 g/mol. The van der Waals surface area contributed by atoms with Crippen LogP contribution in [0, 0.1) is 0 Å². The molecule has 1 aliphatic rings. The lowest BCUT2D eigenvalue weighted by molar-refractivity contribution is -0.116. The molecule has 1 fully saturated rings. The van der Waals surface area contributed by atoms with Crippen LogP contribution in [0.2, 0.25) is 0 Å². The highest BCUT2D eigenvalue weighted by atomic mass is 32.2. The van der Waals surface area contributed by atoms with E-state index >= 15 is 0 Å². The Morgan fingerprint density at radius 1 is 1.25 bits per heavy atom. The highest BCUT2D eigenvalue weighted by Crippen LogP contribution is 2.25. The molecule has 0 saturated carbocycles. The molecule has 1 aromatic heterocycles. The van der Waals surface area contributed by atoms with Crippen LogP contribution in [0.3, 0.4) is 0 Å². The second-order valence-corrected chi connectivity index (χ2v) is 10.5. The molecule has 0 aliphatic carbocycles. The van der Waals surface area contributed by atoms with E-state index in [1.165, 1.54) is 27.4 Å². The summed E-state index contributed by atoms with van der Waals surface area (Å²) in [6.45, 7) is 4.83. The van der Waals surface area contributed by atoms with Crippen molar-refractivity contribution in [2.24, 2.45) is 0 Å². The van der Waals surface area contributed by atoms with E-state index in [0.29, 0.717) is 29.5 Å². The van der Waals surface area contributed by atoms with Crippen LogP contribution < -0.4 is 5.32 Å². The van der Waals surface area contributed by atoms with Crippen molar-refractivity contribution >= 4 is 44.2 Å². The molecule has 1 saturated heterocycles. The average molecular weight is 439 g/mol. The number of aryl methyl sites for hydroxylation is 1. The van der Waals surface area contributed by atoms with Gasteiger partial charge in [0.2, 0.25) is 21.1 Å². The van der Waals surface area contributed by atoms with Gasteiger partial charge in [0.25, 0.3) is 0 Å². The standard InChI is InChI=1S/C18H22N4O3S3/c1-2-13-26-18-21-20-17(27-18)19-16(23)10-7-14-5-8-15(9-6-14)28(24,25)22-11-3-4-12-22/h2,5-6,8-9H,1,3-4,7,10-13H2,(H,19,20,23). The van der Waals surface area contributed by atoms with Gasteiger partial charge in [-0.15, -0.1) is 16.8 Å². The Hall–Kier alpha value is -1.75. The molecule has 7 nitrogen and oxygen atoms in total. The van der Waals surface area contributed by atoms with E-state index < -0.39 is 10.0 Å². The Morgan fingerprint density at radius 3 is 2.64 bits per heavy atom. The number of nitrogens with zero attached hydrogens (tertiary/aromatic N) is 3. The summed E-state index contributed by atoms with van der Waals surface area (Å²) in [6, 6.07) is 6.78. The molecule has 3 rings (SSSR count). The highest BCUT2D eigenvalue weighted by molar-refractivity contribution is 8.01. The zero-order valence-electron chi connectivity index (χ0n) is 15.3. The van der Waals surface area contributed by atoms with Crippen LogP contribution in [0.5, 0.6) is 0 Å².